The second-order valence-electron chi connectivity index (χ2n) is 2.07. The Kier molecular flexibility index (Phi) is 3.63. The predicted octanol–water partition coefficient (Wildman–Crippen LogP) is -0.186. The molecule has 0 spiro atoms. The van der Waals surface area contributed by atoms with Gasteiger partial charge in [-0.25, -0.2) is 0 Å². The lowest BCUT2D eigenvalue weighted by molar-refractivity contribution is -0.143. The molecule has 2 unspecified atom stereocenters. The van der Waals surface area contributed by atoms with E-state index in [0.717, 1.165) is 0 Å². The van der Waals surface area contributed by atoms with Gasteiger partial charge in [0.2, 0.25) is 0 Å². The summed E-state index contributed by atoms with van der Waals surface area (Å²) in [6, 6.07) is 0. The van der Waals surface area contributed by atoms with Gasteiger partial charge in [-0.1, -0.05) is 0 Å². The van der Waals surface area contributed by atoms with Gasteiger partial charge in [0.1, 0.15) is 6.23 Å². The zero-order valence-corrected chi connectivity index (χ0v) is 6.13. The average molecular weight is 168 g/mol. The smallest absolute Gasteiger partial charge is 0.310 e. The lowest BCUT2D eigenvalue weighted by Gasteiger charge is -2.06. The number of hydrogen-bond acceptors (Lipinski definition) is 3. The molecule has 0 radical (unpaired) electrons. The largest absolute Gasteiger partial charge is 0.481 e. The summed E-state index contributed by atoms with van der Waals surface area (Å²) in [6.45, 7) is 0.470. The number of carboxylic acid groups (broad SMARTS) is 1. The number of rotatable bonds is 1. The van der Waals surface area contributed by atoms with Gasteiger partial charge in [0.05, 0.1) is 5.92 Å². The minimum absolute atomic E-state index is 0. The first kappa shape index (κ1) is 9.68. The third kappa shape index (κ3) is 1.83. The van der Waals surface area contributed by atoms with Crippen molar-refractivity contribution in [2.45, 2.75) is 12.6 Å². The summed E-state index contributed by atoms with van der Waals surface area (Å²) in [4.78, 5) is 10.3. The molecule has 0 aromatic rings. The number of ether oxygens (including phenoxy) is 1. The van der Waals surface area contributed by atoms with Crippen molar-refractivity contribution in [2.24, 2.45) is 11.7 Å². The van der Waals surface area contributed by atoms with E-state index in [-0.39, 0.29) is 12.4 Å². The van der Waals surface area contributed by atoms with Crippen LogP contribution in [-0.4, -0.2) is 23.9 Å². The molecule has 0 saturated carbocycles. The molecule has 0 aromatic heterocycles. The topological polar surface area (TPSA) is 72.5 Å². The van der Waals surface area contributed by atoms with Gasteiger partial charge >= 0.3 is 5.97 Å². The third-order valence-electron chi connectivity index (χ3n) is 1.45. The molecule has 1 aliphatic rings. The minimum atomic E-state index is -0.861. The summed E-state index contributed by atoms with van der Waals surface area (Å²) >= 11 is 0. The van der Waals surface area contributed by atoms with Crippen LogP contribution in [0.5, 0.6) is 0 Å². The number of nitrogens with two attached hydrogens (primary N) is 1. The maximum atomic E-state index is 10.3. The quantitative estimate of drug-likeness (QED) is 0.568. The van der Waals surface area contributed by atoms with Gasteiger partial charge in [0.15, 0.2) is 0 Å². The van der Waals surface area contributed by atoms with Crippen molar-refractivity contribution in [3.05, 3.63) is 0 Å². The Morgan fingerprint density at radius 1 is 1.70 bits per heavy atom. The second-order valence-corrected chi connectivity index (χ2v) is 2.07. The van der Waals surface area contributed by atoms with Gasteiger partial charge in [0.25, 0.3) is 0 Å². The Bertz CT molecular complexity index is 130. The lowest BCUT2D eigenvalue weighted by atomic mass is 10.1. The summed E-state index contributed by atoms with van der Waals surface area (Å²) in [6.07, 6.45) is -0.0567. The fraction of sp³-hybridized carbons (Fsp3) is 0.800. The first-order valence-electron chi connectivity index (χ1n) is 2.82. The molecular weight excluding hydrogens is 158 g/mol. The molecule has 0 amide bonds. The van der Waals surface area contributed by atoms with Crippen molar-refractivity contribution in [3.8, 4) is 0 Å². The molecule has 60 valence electrons. The number of aliphatic carboxylic acids is 1. The van der Waals surface area contributed by atoms with Crippen molar-refractivity contribution in [2.75, 3.05) is 6.61 Å². The van der Waals surface area contributed by atoms with Crippen molar-refractivity contribution in [1.29, 1.82) is 0 Å². The third-order valence-corrected chi connectivity index (χ3v) is 1.45. The standard InChI is InChI=1S/C5H9NO3.ClH/c6-4-3(5(7)8)1-2-9-4;/h3-4H,1-2,6H2,(H,7,8);1H. The molecule has 0 aromatic carbocycles. The highest BCUT2D eigenvalue weighted by Crippen LogP contribution is 2.16. The first-order valence-corrected chi connectivity index (χ1v) is 2.82. The van der Waals surface area contributed by atoms with Gasteiger partial charge in [-0.3, -0.25) is 4.79 Å². The van der Waals surface area contributed by atoms with Crippen LogP contribution >= 0.6 is 12.4 Å². The highest BCUT2D eigenvalue weighted by Gasteiger charge is 2.30. The SMILES string of the molecule is Cl.NC1OCCC1C(=O)O. The summed E-state index contributed by atoms with van der Waals surface area (Å²) in [7, 11) is 0. The van der Waals surface area contributed by atoms with E-state index in [1.165, 1.54) is 0 Å². The normalized spacial score (nSPS) is 31.3. The number of carboxylic acids is 1. The van der Waals surface area contributed by atoms with Crippen LogP contribution in [0.15, 0.2) is 0 Å². The Morgan fingerprint density at radius 2 is 2.30 bits per heavy atom. The Hall–Kier alpha value is -0.320. The molecule has 5 heteroatoms. The highest BCUT2D eigenvalue weighted by molar-refractivity contribution is 5.85. The van der Waals surface area contributed by atoms with Gasteiger partial charge < -0.3 is 15.6 Å². The first-order chi connectivity index (χ1) is 4.22. The molecule has 10 heavy (non-hydrogen) atoms. The summed E-state index contributed by atoms with van der Waals surface area (Å²) in [5.41, 5.74) is 5.28. The molecule has 1 aliphatic heterocycles. The Labute approximate surface area is 64.8 Å². The van der Waals surface area contributed by atoms with Crippen molar-refractivity contribution >= 4 is 18.4 Å². The summed E-state index contributed by atoms with van der Waals surface area (Å²) in [5.74, 6) is -1.36. The maximum Gasteiger partial charge on any atom is 0.310 e. The van der Waals surface area contributed by atoms with Gasteiger partial charge in [-0.15, -0.1) is 12.4 Å². The zero-order valence-electron chi connectivity index (χ0n) is 5.32. The molecule has 2 atom stereocenters. The molecule has 0 aliphatic carbocycles. The predicted molar refractivity (Wildman–Crippen MR) is 36.9 cm³/mol. The molecule has 1 rings (SSSR count). The molecule has 3 N–H and O–H groups in total. The summed E-state index contributed by atoms with van der Waals surface area (Å²) in [5, 5.41) is 8.42. The minimum Gasteiger partial charge on any atom is -0.481 e. The van der Waals surface area contributed by atoms with Gasteiger partial charge in [-0.2, -0.15) is 0 Å². The van der Waals surface area contributed by atoms with E-state index in [1.807, 2.05) is 0 Å². The van der Waals surface area contributed by atoms with Crippen LogP contribution in [0.3, 0.4) is 0 Å². The van der Waals surface area contributed by atoms with Crippen LogP contribution in [0.2, 0.25) is 0 Å². The fourth-order valence-electron chi connectivity index (χ4n) is 0.876. The van der Waals surface area contributed by atoms with Crippen LogP contribution < -0.4 is 5.73 Å². The average Bonchev–Trinajstić information content (AvgIpc) is 2.13. The van der Waals surface area contributed by atoms with E-state index >= 15 is 0 Å². The van der Waals surface area contributed by atoms with E-state index in [1.54, 1.807) is 0 Å². The number of hydrogen-bond donors (Lipinski definition) is 2. The van der Waals surface area contributed by atoms with E-state index in [9.17, 15) is 4.79 Å². The van der Waals surface area contributed by atoms with Crippen LogP contribution in [0, 0.1) is 5.92 Å². The fourth-order valence-corrected chi connectivity index (χ4v) is 0.876. The Balaban J connectivity index is 0.000000810. The molecule has 0 bridgehead atoms. The van der Waals surface area contributed by atoms with Crippen LogP contribution in [0.4, 0.5) is 0 Å². The van der Waals surface area contributed by atoms with E-state index in [4.69, 9.17) is 15.6 Å². The van der Waals surface area contributed by atoms with E-state index in [0.29, 0.717) is 13.0 Å². The number of carbonyl (C=O) groups is 1. The highest BCUT2D eigenvalue weighted by atomic mass is 35.5. The lowest BCUT2D eigenvalue weighted by Crippen LogP contribution is -2.31. The second kappa shape index (κ2) is 3.75. The van der Waals surface area contributed by atoms with E-state index < -0.39 is 18.1 Å². The molecule has 1 heterocycles. The molecular formula is C5H10ClNO3. The van der Waals surface area contributed by atoms with Crippen molar-refractivity contribution in [3.63, 3.8) is 0 Å². The zero-order chi connectivity index (χ0) is 6.85. The van der Waals surface area contributed by atoms with Crippen molar-refractivity contribution < 1.29 is 14.6 Å². The molecule has 1 fully saturated rings. The van der Waals surface area contributed by atoms with Crippen LogP contribution in [-0.2, 0) is 9.53 Å². The molecule has 1 saturated heterocycles. The van der Waals surface area contributed by atoms with Crippen LogP contribution in [0.25, 0.3) is 0 Å². The van der Waals surface area contributed by atoms with Crippen LogP contribution in [0.1, 0.15) is 6.42 Å². The number of halogens is 1. The summed E-state index contributed by atoms with van der Waals surface area (Å²) < 4.78 is 4.82. The maximum absolute atomic E-state index is 10.3. The molecule has 4 nitrogen and oxygen atoms in total. The van der Waals surface area contributed by atoms with Crippen molar-refractivity contribution in [1.82, 2.24) is 0 Å². The van der Waals surface area contributed by atoms with Gasteiger partial charge in [-0.05, 0) is 6.42 Å². The van der Waals surface area contributed by atoms with E-state index in [2.05, 4.69) is 0 Å². The monoisotopic (exact) mass is 167 g/mol. The van der Waals surface area contributed by atoms with Gasteiger partial charge in [0, 0.05) is 6.61 Å². The Morgan fingerprint density at radius 3 is 2.50 bits per heavy atom.